The summed E-state index contributed by atoms with van der Waals surface area (Å²) in [5, 5.41) is 19.9. The van der Waals surface area contributed by atoms with E-state index in [0.29, 0.717) is 0 Å². The lowest BCUT2D eigenvalue weighted by atomic mass is 10.0. The molecule has 0 saturated carbocycles. The molecule has 0 heterocycles. The highest BCUT2D eigenvalue weighted by atomic mass is 19.4. The van der Waals surface area contributed by atoms with Crippen LogP contribution in [-0.4, -0.2) is 16.2 Å². The van der Waals surface area contributed by atoms with Gasteiger partial charge in [-0.3, -0.25) is 10.1 Å². The maximum atomic E-state index is 12.0. The maximum absolute atomic E-state index is 12.0. The molecule has 8 heteroatoms. The molecule has 100 valence electrons. The number of rotatable bonds is 4. The maximum Gasteiger partial charge on any atom is 0.389 e. The monoisotopic (exact) mass is 264 g/mol. The van der Waals surface area contributed by atoms with E-state index in [4.69, 9.17) is 5.73 Å². The Morgan fingerprint density at radius 2 is 2.06 bits per heavy atom. The Bertz CT molecular complexity index is 448. The van der Waals surface area contributed by atoms with Crippen molar-refractivity contribution < 1.29 is 23.2 Å². The van der Waals surface area contributed by atoms with E-state index >= 15 is 0 Å². The molecule has 0 aliphatic heterocycles. The first-order valence-electron chi connectivity index (χ1n) is 5.00. The van der Waals surface area contributed by atoms with Gasteiger partial charge >= 0.3 is 6.18 Å². The number of alkyl halides is 3. The quantitative estimate of drug-likeness (QED) is 0.646. The van der Waals surface area contributed by atoms with Gasteiger partial charge in [0.2, 0.25) is 0 Å². The van der Waals surface area contributed by atoms with Crippen molar-refractivity contribution in [1.82, 2.24) is 0 Å². The molecule has 0 unspecified atom stereocenters. The summed E-state index contributed by atoms with van der Waals surface area (Å²) in [5.74, 6) is -0.280. The summed E-state index contributed by atoms with van der Waals surface area (Å²) >= 11 is 0. The van der Waals surface area contributed by atoms with Crippen LogP contribution in [0.3, 0.4) is 0 Å². The van der Waals surface area contributed by atoms with Crippen LogP contribution in [0.25, 0.3) is 0 Å². The molecule has 0 fully saturated rings. The Balaban J connectivity index is 2.93. The van der Waals surface area contributed by atoms with Gasteiger partial charge in [0.05, 0.1) is 10.5 Å². The normalized spacial score (nSPS) is 13.3. The minimum Gasteiger partial charge on any atom is -0.508 e. The average Bonchev–Trinajstić information content (AvgIpc) is 2.24. The first kappa shape index (κ1) is 14.2. The molecular formula is C10H11F3N2O3. The lowest BCUT2D eigenvalue weighted by Gasteiger charge is -2.13. The van der Waals surface area contributed by atoms with Crippen LogP contribution >= 0.6 is 0 Å². The van der Waals surface area contributed by atoms with Gasteiger partial charge in [-0.2, -0.15) is 13.2 Å². The molecule has 1 atom stereocenters. The summed E-state index contributed by atoms with van der Waals surface area (Å²) in [7, 11) is 0. The second-order valence-corrected chi connectivity index (χ2v) is 3.76. The number of nitrogens with two attached hydrogens (primary N) is 1. The van der Waals surface area contributed by atoms with Gasteiger partial charge in [-0.25, -0.2) is 0 Å². The standard InChI is InChI=1S/C10H11F3N2O3/c11-10(12,13)4-3-8(14)7-5-6(16)1-2-9(7)15(17)18/h1-2,5,8,16H,3-4,14H2/t8-/m1/s1. The highest BCUT2D eigenvalue weighted by molar-refractivity contribution is 5.46. The van der Waals surface area contributed by atoms with E-state index < -0.39 is 35.7 Å². The molecule has 1 aromatic rings. The molecule has 0 aliphatic carbocycles. The summed E-state index contributed by atoms with van der Waals surface area (Å²) in [6.07, 6.45) is -5.99. The predicted molar refractivity (Wildman–Crippen MR) is 57.0 cm³/mol. The van der Waals surface area contributed by atoms with Crippen molar-refractivity contribution >= 4 is 5.69 Å². The second-order valence-electron chi connectivity index (χ2n) is 3.76. The lowest BCUT2D eigenvalue weighted by Crippen LogP contribution is -2.16. The first-order chi connectivity index (χ1) is 8.20. The molecule has 5 nitrogen and oxygen atoms in total. The third kappa shape index (κ3) is 3.88. The zero-order valence-corrected chi connectivity index (χ0v) is 9.15. The van der Waals surface area contributed by atoms with Crippen molar-refractivity contribution in [2.24, 2.45) is 5.73 Å². The van der Waals surface area contributed by atoms with E-state index in [-0.39, 0.29) is 11.3 Å². The Hall–Kier alpha value is -1.83. The lowest BCUT2D eigenvalue weighted by molar-refractivity contribution is -0.385. The Kier molecular flexibility index (Phi) is 4.12. The van der Waals surface area contributed by atoms with Crippen LogP contribution in [0.4, 0.5) is 18.9 Å². The van der Waals surface area contributed by atoms with Gasteiger partial charge in [-0.05, 0) is 18.6 Å². The number of phenolic OH excluding ortho intramolecular Hbond substituents is 1. The Morgan fingerprint density at radius 1 is 1.44 bits per heavy atom. The molecule has 1 rings (SSSR count). The van der Waals surface area contributed by atoms with Crippen LogP contribution in [0, 0.1) is 10.1 Å². The van der Waals surface area contributed by atoms with Gasteiger partial charge in [0, 0.05) is 18.5 Å². The number of benzene rings is 1. The third-order valence-electron chi connectivity index (χ3n) is 2.35. The van der Waals surface area contributed by atoms with Crippen molar-refractivity contribution in [2.45, 2.75) is 25.1 Å². The fraction of sp³-hybridized carbons (Fsp3) is 0.400. The van der Waals surface area contributed by atoms with Gasteiger partial charge in [-0.15, -0.1) is 0 Å². The Morgan fingerprint density at radius 3 is 2.56 bits per heavy atom. The van der Waals surface area contributed by atoms with Crippen molar-refractivity contribution in [1.29, 1.82) is 0 Å². The van der Waals surface area contributed by atoms with Crippen LogP contribution in [0.1, 0.15) is 24.4 Å². The van der Waals surface area contributed by atoms with E-state index in [9.17, 15) is 28.4 Å². The van der Waals surface area contributed by atoms with Gasteiger partial charge in [-0.1, -0.05) is 0 Å². The van der Waals surface area contributed by atoms with Crippen molar-refractivity contribution in [2.75, 3.05) is 0 Å². The summed E-state index contributed by atoms with van der Waals surface area (Å²) in [4.78, 5) is 9.94. The van der Waals surface area contributed by atoms with E-state index in [0.717, 1.165) is 18.2 Å². The van der Waals surface area contributed by atoms with Gasteiger partial charge in [0.25, 0.3) is 5.69 Å². The van der Waals surface area contributed by atoms with Gasteiger partial charge in [0.15, 0.2) is 0 Å². The van der Waals surface area contributed by atoms with Gasteiger partial charge < -0.3 is 10.8 Å². The number of hydrogen-bond donors (Lipinski definition) is 2. The number of nitro benzene ring substituents is 1. The number of halogens is 3. The number of nitrogens with zero attached hydrogens (tertiary/aromatic N) is 1. The smallest absolute Gasteiger partial charge is 0.389 e. The number of aromatic hydroxyl groups is 1. The molecule has 1 aromatic carbocycles. The summed E-state index contributed by atoms with van der Waals surface area (Å²) in [6.45, 7) is 0. The molecule has 0 amide bonds. The zero-order valence-electron chi connectivity index (χ0n) is 9.15. The summed E-state index contributed by atoms with van der Waals surface area (Å²) < 4.78 is 36.1. The Labute approximate surface area is 100 Å². The minimum absolute atomic E-state index is 0.107. The topological polar surface area (TPSA) is 89.4 Å². The third-order valence-corrected chi connectivity index (χ3v) is 2.35. The zero-order chi connectivity index (χ0) is 13.9. The predicted octanol–water partition coefficient (Wildman–Crippen LogP) is 2.64. The molecule has 0 aliphatic rings. The van der Waals surface area contributed by atoms with E-state index in [1.54, 1.807) is 0 Å². The molecule has 0 bridgehead atoms. The van der Waals surface area contributed by atoms with E-state index in [1.165, 1.54) is 0 Å². The number of phenols is 1. The second kappa shape index (κ2) is 5.21. The average molecular weight is 264 g/mol. The highest BCUT2D eigenvalue weighted by Crippen LogP contribution is 2.32. The highest BCUT2D eigenvalue weighted by Gasteiger charge is 2.29. The van der Waals surface area contributed by atoms with Gasteiger partial charge in [0.1, 0.15) is 5.75 Å². The van der Waals surface area contributed by atoms with Crippen molar-refractivity contribution in [3.05, 3.63) is 33.9 Å². The fourth-order valence-corrected chi connectivity index (χ4v) is 1.48. The number of nitro groups is 1. The molecule has 0 radical (unpaired) electrons. The molecule has 3 N–H and O–H groups in total. The van der Waals surface area contributed by atoms with Crippen LogP contribution in [0.15, 0.2) is 18.2 Å². The molecule has 18 heavy (non-hydrogen) atoms. The van der Waals surface area contributed by atoms with Crippen LogP contribution in [-0.2, 0) is 0 Å². The van der Waals surface area contributed by atoms with E-state index in [1.807, 2.05) is 0 Å². The van der Waals surface area contributed by atoms with Crippen LogP contribution in [0.2, 0.25) is 0 Å². The molecule has 0 spiro atoms. The molecule has 0 aromatic heterocycles. The molecule has 0 saturated heterocycles. The summed E-state index contributed by atoms with van der Waals surface area (Å²) in [6, 6.07) is 1.95. The molecular weight excluding hydrogens is 253 g/mol. The summed E-state index contributed by atoms with van der Waals surface area (Å²) in [5.41, 5.74) is 4.99. The van der Waals surface area contributed by atoms with Crippen LogP contribution < -0.4 is 5.73 Å². The van der Waals surface area contributed by atoms with Crippen molar-refractivity contribution in [3.8, 4) is 5.75 Å². The van der Waals surface area contributed by atoms with Crippen LogP contribution in [0.5, 0.6) is 5.75 Å². The number of hydrogen-bond acceptors (Lipinski definition) is 4. The minimum atomic E-state index is -4.37. The van der Waals surface area contributed by atoms with Crippen molar-refractivity contribution in [3.63, 3.8) is 0 Å². The fourth-order valence-electron chi connectivity index (χ4n) is 1.48. The van der Waals surface area contributed by atoms with E-state index in [2.05, 4.69) is 0 Å². The largest absolute Gasteiger partial charge is 0.508 e. The first-order valence-corrected chi connectivity index (χ1v) is 5.00. The SMILES string of the molecule is N[C@H](CCC(F)(F)F)c1cc(O)ccc1[N+](=O)[O-].